The normalized spacial score (nSPS) is 10.1. The van der Waals surface area contributed by atoms with Crippen molar-refractivity contribution in [2.75, 3.05) is 23.7 Å². The predicted molar refractivity (Wildman–Crippen MR) is 75.5 cm³/mol. The lowest BCUT2D eigenvalue weighted by Crippen LogP contribution is -2.14. The Morgan fingerprint density at radius 1 is 0.944 bits per heavy atom. The molecule has 1 aromatic heterocycles. The molecule has 0 bridgehead atoms. The van der Waals surface area contributed by atoms with Gasteiger partial charge in [-0.1, -0.05) is 18.2 Å². The second-order valence-corrected chi connectivity index (χ2v) is 3.94. The molecule has 0 aliphatic rings. The standard InChI is InChI=1S/C14H18N4/c15-8-10-17-13-6-1-2-7-14(13)18-11-12-5-3-4-9-16-12/h1-7,9,17-18H,8,10-11,15H2. The fraction of sp³-hybridized carbons (Fsp3) is 0.214. The van der Waals surface area contributed by atoms with Crippen LogP contribution in [0, 0.1) is 0 Å². The molecule has 4 N–H and O–H groups in total. The summed E-state index contributed by atoms with van der Waals surface area (Å²) in [6.07, 6.45) is 1.80. The molecular formula is C14H18N4. The fourth-order valence-electron chi connectivity index (χ4n) is 1.69. The Bertz CT molecular complexity index is 470. The van der Waals surface area contributed by atoms with Gasteiger partial charge >= 0.3 is 0 Å². The van der Waals surface area contributed by atoms with Crippen molar-refractivity contribution in [2.24, 2.45) is 5.73 Å². The van der Waals surface area contributed by atoms with Crippen molar-refractivity contribution in [3.8, 4) is 0 Å². The van der Waals surface area contributed by atoms with Gasteiger partial charge in [0.15, 0.2) is 0 Å². The molecule has 4 heteroatoms. The third-order valence-electron chi connectivity index (χ3n) is 2.57. The van der Waals surface area contributed by atoms with Gasteiger partial charge in [0, 0.05) is 19.3 Å². The molecule has 0 saturated heterocycles. The highest BCUT2D eigenvalue weighted by Gasteiger charge is 2.00. The molecule has 4 nitrogen and oxygen atoms in total. The molecule has 18 heavy (non-hydrogen) atoms. The number of nitrogens with zero attached hydrogens (tertiary/aromatic N) is 1. The molecule has 0 aliphatic carbocycles. The molecule has 2 rings (SSSR count). The number of pyridine rings is 1. The summed E-state index contributed by atoms with van der Waals surface area (Å²) in [5.74, 6) is 0. The largest absolute Gasteiger partial charge is 0.382 e. The quantitative estimate of drug-likeness (QED) is 0.725. The molecule has 94 valence electrons. The van der Waals surface area contributed by atoms with E-state index in [-0.39, 0.29) is 0 Å². The maximum Gasteiger partial charge on any atom is 0.0594 e. The SMILES string of the molecule is NCCNc1ccccc1NCc1ccccn1. The van der Waals surface area contributed by atoms with E-state index in [1.54, 1.807) is 6.20 Å². The van der Waals surface area contributed by atoms with Gasteiger partial charge in [0.25, 0.3) is 0 Å². The Kier molecular flexibility index (Phi) is 4.55. The number of anilines is 2. The fourth-order valence-corrected chi connectivity index (χ4v) is 1.69. The molecule has 0 fully saturated rings. The van der Waals surface area contributed by atoms with E-state index in [9.17, 15) is 0 Å². The van der Waals surface area contributed by atoms with E-state index in [4.69, 9.17) is 5.73 Å². The topological polar surface area (TPSA) is 63.0 Å². The van der Waals surface area contributed by atoms with E-state index >= 15 is 0 Å². The van der Waals surface area contributed by atoms with E-state index in [1.165, 1.54) is 0 Å². The lowest BCUT2D eigenvalue weighted by atomic mass is 10.2. The van der Waals surface area contributed by atoms with Crippen molar-refractivity contribution in [3.63, 3.8) is 0 Å². The summed E-state index contributed by atoms with van der Waals surface area (Å²) in [5.41, 5.74) is 8.65. The molecule has 0 radical (unpaired) electrons. The highest BCUT2D eigenvalue weighted by atomic mass is 15.0. The minimum absolute atomic E-state index is 0.620. The Balaban J connectivity index is 2.00. The van der Waals surface area contributed by atoms with Crippen LogP contribution in [0.15, 0.2) is 48.7 Å². The van der Waals surface area contributed by atoms with Crippen LogP contribution >= 0.6 is 0 Å². The van der Waals surface area contributed by atoms with Crippen LogP contribution in [0.3, 0.4) is 0 Å². The van der Waals surface area contributed by atoms with E-state index in [0.717, 1.165) is 23.6 Å². The predicted octanol–water partition coefficient (Wildman–Crippen LogP) is 2.06. The van der Waals surface area contributed by atoms with Gasteiger partial charge in [-0.05, 0) is 24.3 Å². The first kappa shape index (κ1) is 12.4. The van der Waals surface area contributed by atoms with E-state index in [0.29, 0.717) is 13.1 Å². The summed E-state index contributed by atoms with van der Waals surface area (Å²) in [6, 6.07) is 14.0. The summed E-state index contributed by atoms with van der Waals surface area (Å²) >= 11 is 0. The van der Waals surface area contributed by atoms with E-state index < -0.39 is 0 Å². The average Bonchev–Trinajstić information content (AvgIpc) is 2.45. The summed E-state index contributed by atoms with van der Waals surface area (Å²) in [5, 5.41) is 6.66. The maximum atomic E-state index is 5.50. The van der Waals surface area contributed by atoms with Crippen molar-refractivity contribution < 1.29 is 0 Å². The van der Waals surface area contributed by atoms with E-state index in [2.05, 4.69) is 15.6 Å². The molecule has 0 saturated carbocycles. The summed E-state index contributed by atoms with van der Waals surface area (Å²) < 4.78 is 0. The molecule has 1 heterocycles. The molecule has 0 atom stereocenters. The molecular weight excluding hydrogens is 224 g/mol. The van der Waals surface area contributed by atoms with Crippen LogP contribution in [0.25, 0.3) is 0 Å². The number of rotatable bonds is 6. The lowest BCUT2D eigenvalue weighted by molar-refractivity contribution is 1.02. The van der Waals surface area contributed by atoms with Crippen molar-refractivity contribution in [3.05, 3.63) is 54.4 Å². The van der Waals surface area contributed by atoms with Gasteiger partial charge in [-0.25, -0.2) is 0 Å². The maximum absolute atomic E-state index is 5.50. The molecule has 2 aromatic rings. The third kappa shape index (κ3) is 3.46. The Labute approximate surface area is 107 Å². The zero-order valence-electron chi connectivity index (χ0n) is 10.3. The van der Waals surface area contributed by atoms with Crippen molar-refractivity contribution in [2.45, 2.75) is 6.54 Å². The number of benzene rings is 1. The zero-order valence-corrected chi connectivity index (χ0v) is 10.3. The number of nitrogens with one attached hydrogen (secondary N) is 2. The first-order valence-electron chi connectivity index (χ1n) is 6.07. The highest BCUT2D eigenvalue weighted by molar-refractivity contribution is 5.68. The second kappa shape index (κ2) is 6.61. The van der Waals surface area contributed by atoms with Crippen LogP contribution in [-0.2, 0) is 6.54 Å². The summed E-state index contributed by atoms with van der Waals surface area (Å²) in [4.78, 5) is 4.28. The number of nitrogens with two attached hydrogens (primary N) is 1. The van der Waals surface area contributed by atoms with Crippen LogP contribution in [0.5, 0.6) is 0 Å². The Morgan fingerprint density at radius 2 is 1.67 bits per heavy atom. The van der Waals surface area contributed by atoms with Crippen molar-refractivity contribution >= 4 is 11.4 Å². The van der Waals surface area contributed by atoms with Crippen molar-refractivity contribution in [1.29, 1.82) is 0 Å². The third-order valence-corrected chi connectivity index (χ3v) is 2.57. The van der Waals surface area contributed by atoms with Gasteiger partial charge in [-0.15, -0.1) is 0 Å². The molecule has 0 spiro atoms. The Morgan fingerprint density at radius 3 is 2.33 bits per heavy atom. The summed E-state index contributed by atoms with van der Waals surface area (Å²) in [6.45, 7) is 2.10. The smallest absolute Gasteiger partial charge is 0.0594 e. The number of hydrogen-bond acceptors (Lipinski definition) is 4. The van der Waals surface area contributed by atoms with Gasteiger partial charge in [0.2, 0.25) is 0 Å². The van der Waals surface area contributed by atoms with Crippen LogP contribution < -0.4 is 16.4 Å². The van der Waals surface area contributed by atoms with Crippen LogP contribution in [0.2, 0.25) is 0 Å². The molecule has 0 aliphatic heterocycles. The first-order chi connectivity index (χ1) is 8.90. The monoisotopic (exact) mass is 242 g/mol. The molecule has 0 amide bonds. The summed E-state index contributed by atoms with van der Waals surface area (Å²) in [7, 11) is 0. The van der Waals surface area contributed by atoms with Gasteiger partial charge in [0.1, 0.15) is 0 Å². The van der Waals surface area contributed by atoms with Gasteiger partial charge < -0.3 is 16.4 Å². The number of aromatic nitrogens is 1. The van der Waals surface area contributed by atoms with E-state index in [1.807, 2.05) is 42.5 Å². The van der Waals surface area contributed by atoms with Gasteiger partial charge in [-0.3, -0.25) is 4.98 Å². The zero-order chi connectivity index (χ0) is 12.6. The average molecular weight is 242 g/mol. The molecule has 1 aromatic carbocycles. The Hall–Kier alpha value is -2.07. The minimum Gasteiger partial charge on any atom is -0.382 e. The second-order valence-electron chi connectivity index (χ2n) is 3.94. The lowest BCUT2D eigenvalue weighted by Gasteiger charge is -2.13. The van der Waals surface area contributed by atoms with Crippen LogP contribution in [-0.4, -0.2) is 18.1 Å². The van der Waals surface area contributed by atoms with Crippen molar-refractivity contribution in [1.82, 2.24) is 4.98 Å². The number of hydrogen-bond donors (Lipinski definition) is 3. The van der Waals surface area contributed by atoms with Crippen LogP contribution in [0.1, 0.15) is 5.69 Å². The van der Waals surface area contributed by atoms with Crippen LogP contribution in [0.4, 0.5) is 11.4 Å². The minimum atomic E-state index is 0.620. The number of para-hydroxylation sites is 2. The highest BCUT2D eigenvalue weighted by Crippen LogP contribution is 2.20. The van der Waals surface area contributed by atoms with Gasteiger partial charge in [-0.2, -0.15) is 0 Å². The van der Waals surface area contributed by atoms with Gasteiger partial charge in [0.05, 0.1) is 23.6 Å². The first-order valence-corrected chi connectivity index (χ1v) is 6.07. The molecule has 0 unspecified atom stereocenters.